The van der Waals surface area contributed by atoms with E-state index >= 15 is 0 Å². The Morgan fingerprint density at radius 3 is 2.32 bits per heavy atom. The molecule has 0 amide bonds. The van der Waals surface area contributed by atoms with Crippen LogP contribution in [0.5, 0.6) is 0 Å². The van der Waals surface area contributed by atoms with Crippen LogP contribution in [0.1, 0.15) is 26.2 Å². The second-order valence-electron chi connectivity index (χ2n) is 3.91. The molecule has 0 aromatic rings. The fourth-order valence-corrected chi connectivity index (χ4v) is 1.91. The Hall–Kier alpha value is -1.25. The Morgan fingerprint density at radius 2 is 1.95 bits per heavy atom. The minimum absolute atomic E-state index is 0.0271. The number of ether oxygens (including phenoxy) is 1. The lowest BCUT2D eigenvalue weighted by Crippen LogP contribution is -2.28. The van der Waals surface area contributed by atoms with Gasteiger partial charge < -0.3 is 8.92 Å². The molecule has 0 saturated heterocycles. The fourth-order valence-electron chi connectivity index (χ4n) is 1.38. The van der Waals surface area contributed by atoms with Crippen LogP contribution >= 0.6 is 0 Å². The molecule has 110 valence electrons. The van der Waals surface area contributed by atoms with Gasteiger partial charge in [0.2, 0.25) is 0 Å². The van der Waals surface area contributed by atoms with E-state index in [0.29, 0.717) is 18.9 Å². The maximum Gasteiger partial charge on any atom is 0.534 e. The van der Waals surface area contributed by atoms with E-state index in [0.717, 1.165) is 6.42 Å². The molecule has 0 unspecified atom stereocenters. The topological polar surface area (TPSA) is 69.7 Å². The Kier molecular flexibility index (Phi) is 4.83. The average molecular weight is 302 g/mol. The Balaban J connectivity index is 2.90. The van der Waals surface area contributed by atoms with Crippen LogP contribution in [0.15, 0.2) is 11.8 Å². The van der Waals surface area contributed by atoms with E-state index in [1.165, 1.54) is 6.92 Å². The minimum atomic E-state index is -5.75. The van der Waals surface area contributed by atoms with Crippen molar-refractivity contribution in [3.63, 3.8) is 0 Å². The summed E-state index contributed by atoms with van der Waals surface area (Å²) >= 11 is 0. The number of halogens is 3. The van der Waals surface area contributed by atoms with Gasteiger partial charge >= 0.3 is 21.6 Å². The van der Waals surface area contributed by atoms with Crippen LogP contribution in [-0.4, -0.2) is 26.5 Å². The second kappa shape index (κ2) is 5.81. The molecule has 1 saturated carbocycles. The number of esters is 1. The summed E-state index contributed by atoms with van der Waals surface area (Å²) in [5.41, 5.74) is -5.52. The first kappa shape index (κ1) is 15.8. The largest absolute Gasteiger partial charge is 0.534 e. The zero-order chi connectivity index (χ0) is 14.7. The molecule has 5 nitrogen and oxygen atoms in total. The quantitative estimate of drug-likeness (QED) is 0.256. The van der Waals surface area contributed by atoms with Gasteiger partial charge in [-0.15, -0.1) is 0 Å². The van der Waals surface area contributed by atoms with Gasteiger partial charge in [0.15, 0.2) is 0 Å². The Labute approximate surface area is 108 Å². The molecular weight excluding hydrogens is 289 g/mol. The third-order valence-electron chi connectivity index (χ3n) is 2.54. The molecule has 0 bridgehead atoms. The highest BCUT2D eigenvalue weighted by molar-refractivity contribution is 7.87. The summed E-state index contributed by atoms with van der Waals surface area (Å²) in [5, 5.41) is 0. The molecule has 0 aliphatic heterocycles. The van der Waals surface area contributed by atoms with Gasteiger partial charge in [0.25, 0.3) is 0 Å². The van der Waals surface area contributed by atoms with Crippen LogP contribution in [0, 0.1) is 5.92 Å². The second-order valence-corrected chi connectivity index (χ2v) is 5.45. The summed E-state index contributed by atoms with van der Waals surface area (Å²) < 4.78 is 67.0. The third kappa shape index (κ3) is 4.12. The average Bonchev–Trinajstić information content (AvgIpc) is 2.11. The van der Waals surface area contributed by atoms with Crippen molar-refractivity contribution in [2.24, 2.45) is 5.92 Å². The normalized spacial score (nSPS) is 17.8. The monoisotopic (exact) mass is 302 g/mol. The van der Waals surface area contributed by atoms with Gasteiger partial charge in [-0.2, -0.15) is 21.6 Å². The number of hydrogen-bond acceptors (Lipinski definition) is 5. The number of rotatable bonds is 5. The summed E-state index contributed by atoms with van der Waals surface area (Å²) in [6, 6.07) is 0. The van der Waals surface area contributed by atoms with Crippen LogP contribution in [0.2, 0.25) is 0 Å². The lowest BCUT2D eigenvalue weighted by Gasteiger charge is -2.27. The molecule has 0 radical (unpaired) electrons. The lowest BCUT2D eigenvalue weighted by molar-refractivity contribution is -0.137. The van der Waals surface area contributed by atoms with Crippen LogP contribution < -0.4 is 0 Å². The molecule has 1 aliphatic carbocycles. The molecule has 1 rings (SSSR count). The third-order valence-corrected chi connectivity index (χ3v) is 3.52. The van der Waals surface area contributed by atoms with Gasteiger partial charge in [-0.1, -0.05) is 6.42 Å². The van der Waals surface area contributed by atoms with Crippen molar-refractivity contribution < 1.29 is 35.3 Å². The zero-order valence-electron chi connectivity index (χ0n) is 10.1. The van der Waals surface area contributed by atoms with E-state index in [4.69, 9.17) is 0 Å². The predicted octanol–water partition coefficient (Wildman–Crippen LogP) is 2.10. The van der Waals surface area contributed by atoms with Crippen LogP contribution in [0.25, 0.3) is 0 Å². The van der Waals surface area contributed by atoms with Gasteiger partial charge in [-0.25, -0.2) is 4.79 Å². The minimum Gasteiger partial charge on any atom is -0.463 e. The molecule has 0 heterocycles. The van der Waals surface area contributed by atoms with Crippen molar-refractivity contribution in [3.05, 3.63) is 11.8 Å². The first-order valence-corrected chi connectivity index (χ1v) is 6.97. The summed E-state index contributed by atoms with van der Waals surface area (Å²) in [6.07, 6.45) is 2.34. The molecule has 1 aliphatic rings. The molecule has 0 spiro atoms. The summed E-state index contributed by atoms with van der Waals surface area (Å²) in [4.78, 5) is 11.2. The van der Waals surface area contributed by atoms with Crippen LogP contribution in [-0.2, 0) is 23.8 Å². The smallest absolute Gasteiger partial charge is 0.463 e. The van der Waals surface area contributed by atoms with E-state index in [2.05, 4.69) is 8.92 Å². The first-order valence-electron chi connectivity index (χ1n) is 5.56. The van der Waals surface area contributed by atoms with E-state index in [-0.39, 0.29) is 6.61 Å². The van der Waals surface area contributed by atoms with Gasteiger partial charge in [-0.3, -0.25) is 0 Å². The predicted molar refractivity (Wildman–Crippen MR) is 58.1 cm³/mol. The van der Waals surface area contributed by atoms with Gasteiger partial charge in [0.05, 0.1) is 12.7 Å². The number of alkyl halides is 3. The van der Waals surface area contributed by atoms with Gasteiger partial charge in [0, 0.05) is 5.92 Å². The van der Waals surface area contributed by atoms with Crippen LogP contribution in [0.3, 0.4) is 0 Å². The van der Waals surface area contributed by atoms with Crippen molar-refractivity contribution >= 4 is 16.1 Å². The molecule has 19 heavy (non-hydrogen) atoms. The van der Waals surface area contributed by atoms with Crippen molar-refractivity contribution in [2.75, 3.05) is 6.61 Å². The number of carbonyl (C=O) groups excluding carboxylic acids is 1. The number of carbonyl (C=O) groups is 1. The number of hydrogen-bond donors (Lipinski definition) is 0. The molecule has 0 aromatic heterocycles. The lowest BCUT2D eigenvalue weighted by atomic mass is 9.84. The van der Waals surface area contributed by atoms with E-state index in [9.17, 15) is 26.4 Å². The summed E-state index contributed by atoms with van der Waals surface area (Å²) in [5.74, 6) is -1.94. The van der Waals surface area contributed by atoms with Crippen LogP contribution in [0.4, 0.5) is 13.2 Å². The molecule has 0 atom stereocenters. The van der Waals surface area contributed by atoms with Crippen molar-refractivity contribution in [3.8, 4) is 0 Å². The van der Waals surface area contributed by atoms with Crippen molar-refractivity contribution in [1.82, 2.24) is 0 Å². The van der Waals surface area contributed by atoms with E-state index in [1.807, 2.05) is 0 Å². The van der Waals surface area contributed by atoms with Crippen molar-refractivity contribution in [1.29, 1.82) is 0 Å². The van der Waals surface area contributed by atoms with Crippen molar-refractivity contribution in [2.45, 2.75) is 31.7 Å². The summed E-state index contributed by atoms with van der Waals surface area (Å²) in [6.45, 7) is 1.54. The van der Waals surface area contributed by atoms with Gasteiger partial charge in [0.1, 0.15) is 5.76 Å². The SMILES string of the molecule is CCOC(=O)/C=C(\OS(=O)(=O)C(F)(F)F)C1CCC1. The highest BCUT2D eigenvalue weighted by atomic mass is 32.2. The Bertz CT molecular complexity index is 462. The van der Waals surface area contributed by atoms with E-state index in [1.54, 1.807) is 0 Å². The molecule has 1 fully saturated rings. The maximum atomic E-state index is 12.2. The molecule has 0 N–H and O–H groups in total. The highest BCUT2D eigenvalue weighted by Gasteiger charge is 2.49. The standard InChI is InChI=1S/C10H13F3O5S/c1-2-17-9(14)6-8(7-4-3-5-7)18-19(15,16)10(11,12)13/h6-7H,2-5H2,1H3/b8-6-. The molecule has 0 aromatic carbocycles. The maximum absolute atomic E-state index is 12.2. The van der Waals surface area contributed by atoms with E-state index < -0.39 is 33.3 Å². The Morgan fingerprint density at radius 1 is 1.37 bits per heavy atom. The first-order chi connectivity index (χ1) is 8.67. The summed E-state index contributed by atoms with van der Waals surface area (Å²) in [7, 11) is -5.75. The zero-order valence-corrected chi connectivity index (χ0v) is 10.9. The van der Waals surface area contributed by atoms with Gasteiger partial charge in [-0.05, 0) is 19.8 Å². The highest BCUT2D eigenvalue weighted by Crippen LogP contribution is 2.37. The molecule has 9 heteroatoms. The fraction of sp³-hybridized carbons (Fsp3) is 0.700. The number of allylic oxidation sites excluding steroid dienone is 1. The molecular formula is C10H13F3O5S.